The van der Waals surface area contributed by atoms with Gasteiger partial charge in [-0.3, -0.25) is 13.9 Å². The van der Waals surface area contributed by atoms with E-state index in [1.165, 1.54) is 23.0 Å². The SMILES string of the molecule is CCOC(=O)c1c(C)sc(-c2c(-c3ccc(Cl)cc3)[nH]c3c2c(=O)n(C)c(=O)n3C)c1O. The molecule has 0 atom stereocenters. The van der Waals surface area contributed by atoms with Gasteiger partial charge in [-0.1, -0.05) is 23.7 Å². The van der Waals surface area contributed by atoms with Gasteiger partial charge in [-0.2, -0.15) is 0 Å². The first-order valence-corrected chi connectivity index (χ1v) is 10.9. The first-order chi connectivity index (χ1) is 15.2. The number of hydrogen-bond acceptors (Lipinski definition) is 6. The van der Waals surface area contributed by atoms with Crippen molar-refractivity contribution < 1.29 is 14.6 Å². The van der Waals surface area contributed by atoms with Crippen molar-refractivity contribution >= 4 is 39.9 Å². The average Bonchev–Trinajstić information content (AvgIpc) is 3.28. The number of esters is 1. The molecule has 0 unspecified atom stereocenters. The zero-order chi connectivity index (χ0) is 23.3. The number of ether oxygens (including phenoxy) is 1. The minimum absolute atomic E-state index is 0.0601. The summed E-state index contributed by atoms with van der Waals surface area (Å²) in [5, 5.41) is 11.8. The Bertz CT molecular complexity index is 1490. The number of aromatic amines is 1. The number of benzene rings is 1. The molecule has 0 saturated carbocycles. The number of thiophene rings is 1. The molecular weight excluding hydrogens is 454 g/mol. The lowest BCUT2D eigenvalue weighted by Gasteiger charge is -2.06. The Labute approximate surface area is 191 Å². The molecule has 0 amide bonds. The van der Waals surface area contributed by atoms with Crippen molar-refractivity contribution in [1.82, 2.24) is 14.1 Å². The van der Waals surface area contributed by atoms with E-state index in [1.807, 2.05) is 0 Å². The van der Waals surface area contributed by atoms with Crippen LogP contribution >= 0.6 is 22.9 Å². The van der Waals surface area contributed by atoms with Gasteiger partial charge in [-0.05, 0) is 31.5 Å². The summed E-state index contributed by atoms with van der Waals surface area (Å²) in [6.07, 6.45) is 0. The van der Waals surface area contributed by atoms with Gasteiger partial charge in [0.25, 0.3) is 5.56 Å². The molecule has 0 radical (unpaired) electrons. The summed E-state index contributed by atoms with van der Waals surface area (Å²) in [6, 6.07) is 6.94. The van der Waals surface area contributed by atoms with Crippen LogP contribution in [-0.2, 0) is 18.8 Å². The quantitative estimate of drug-likeness (QED) is 0.438. The lowest BCUT2D eigenvalue weighted by molar-refractivity contribution is 0.0523. The second-order valence-corrected chi connectivity index (χ2v) is 8.90. The van der Waals surface area contributed by atoms with Crippen molar-refractivity contribution in [1.29, 1.82) is 0 Å². The van der Waals surface area contributed by atoms with Crippen molar-refractivity contribution in [2.75, 3.05) is 6.61 Å². The lowest BCUT2D eigenvalue weighted by atomic mass is 10.0. The van der Waals surface area contributed by atoms with E-state index < -0.39 is 17.2 Å². The maximum absolute atomic E-state index is 13.2. The molecule has 0 fully saturated rings. The molecule has 8 nitrogen and oxygen atoms in total. The number of halogens is 1. The number of fused-ring (bicyclic) bond motifs is 1. The number of nitrogens with zero attached hydrogens (tertiary/aromatic N) is 2. The van der Waals surface area contributed by atoms with Gasteiger partial charge in [-0.25, -0.2) is 9.59 Å². The molecule has 2 N–H and O–H groups in total. The summed E-state index contributed by atoms with van der Waals surface area (Å²) >= 11 is 7.21. The van der Waals surface area contributed by atoms with E-state index in [0.29, 0.717) is 37.2 Å². The highest BCUT2D eigenvalue weighted by Gasteiger charge is 2.29. The molecule has 1 aromatic carbocycles. The Balaban J connectivity index is 2.15. The van der Waals surface area contributed by atoms with Crippen LogP contribution in [0.1, 0.15) is 22.2 Å². The zero-order valence-electron chi connectivity index (χ0n) is 17.8. The Hall–Kier alpha value is -3.30. The van der Waals surface area contributed by atoms with E-state index >= 15 is 0 Å². The van der Waals surface area contributed by atoms with Crippen molar-refractivity contribution in [2.24, 2.45) is 14.1 Å². The summed E-state index contributed by atoms with van der Waals surface area (Å²) in [5.74, 6) is -0.906. The van der Waals surface area contributed by atoms with Gasteiger partial charge in [0.2, 0.25) is 0 Å². The van der Waals surface area contributed by atoms with Gasteiger partial charge in [0, 0.05) is 29.6 Å². The molecular formula is C22H20ClN3O5S. The fourth-order valence-corrected chi connectivity index (χ4v) is 4.95. The third-order valence-electron chi connectivity index (χ3n) is 5.31. The van der Waals surface area contributed by atoms with Crippen LogP contribution in [-0.4, -0.2) is 31.8 Å². The molecule has 32 heavy (non-hydrogen) atoms. The number of carbonyl (C=O) groups excluding carboxylic acids is 1. The minimum atomic E-state index is -0.641. The first kappa shape index (κ1) is 21.9. The van der Waals surface area contributed by atoms with Crippen LogP contribution in [0.4, 0.5) is 0 Å². The van der Waals surface area contributed by atoms with Crippen molar-refractivity contribution in [3.8, 4) is 27.4 Å². The normalized spacial score (nSPS) is 11.3. The Morgan fingerprint density at radius 1 is 1.19 bits per heavy atom. The van der Waals surface area contributed by atoms with Gasteiger partial charge in [-0.15, -0.1) is 11.3 Å². The highest BCUT2D eigenvalue weighted by molar-refractivity contribution is 7.16. The molecule has 0 aliphatic carbocycles. The molecule has 0 aliphatic heterocycles. The molecule has 10 heteroatoms. The summed E-state index contributed by atoms with van der Waals surface area (Å²) in [7, 11) is 2.95. The fraction of sp³-hybridized carbons (Fsp3) is 0.227. The van der Waals surface area contributed by atoms with Crippen molar-refractivity contribution in [3.05, 3.63) is 60.6 Å². The summed E-state index contributed by atoms with van der Waals surface area (Å²) in [5.41, 5.74) is 0.973. The monoisotopic (exact) mass is 473 g/mol. The molecule has 3 heterocycles. The summed E-state index contributed by atoms with van der Waals surface area (Å²) in [6.45, 7) is 3.54. The van der Waals surface area contributed by atoms with Crippen LogP contribution in [0.25, 0.3) is 32.7 Å². The molecule has 0 spiro atoms. The van der Waals surface area contributed by atoms with E-state index in [2.05, 4.69) is 4.98 Å². The van der Waals surface area contributed by atoms with Crippen LogP contribution in [0.3, 0.4) is 0 Å². The Morgan fingerprint density at radius 2 is 1.84 bits per heavy atom. The fourth-order valence-electron chi connectivity index (χ4n) is 3.73. The van der Waals surface area contributed by atoms with Gasteiger partial charge < -0.3 is 14.8 Å². The number of aromatic hydroxyl groups is 1. The number of carbonyl (C=O) groups is 1. The van der Waals surface area contributed by atoms with Crippen molar-refractivity contribution in [2.45, 2.75) is 13.8 Å². The average molecular weight is 474 g/mol. The van der Waals surface area contributed by atoms with Crippen LogP contribution in [0.15, 0.2) is 33.9 Å². The maximum Gasteiger partial charge on any atom is 0.343 e. The molecule has 0 saturated heterocycles. The maximum atomic E-state index is 13.2. The topological polar surface area (TPSA) is 106 Å². The second-order valence-electron chi connectivity index (χ2n) is 7.24. The van der Waals surface area contributed by atoms with E-state index in [1.54, 1.807) is 45.2 Å². The molecule has 3 aromatic heterocycles. The predicted molar refractivity (Wildman–Crippen MR) is 125 cm³/mol. The Morgan fingerprint density at radius 3 is 2.47 bits per heavy atom. The largest absolute Gasteiger partial charge is 0.505 e. The van der Waals surface area contributed by atoms with Crippen molar-refractivity contribution in [3.63, 3.8) is 0 Å². The number of rotatable bonds is 4. The highest BCUT2D eigenvalue weighted by atomic mass is 35.5. The van der Waals surface area contributed by atoms with Gasteiger partial charge >= 0.3 is 11.7 Å². The number of nitrogens with one attached hydrogen (secondary N) is 1. The van der Waals surface area contributed by atoms with E-state index in [4.69, 9.17) is 16.3 Å². The lowest BCUT2D eigenvalue weighted by Crippen LogP contribution is -2.36. The van der Waals surface area contributed by atoms with Gasteiger partial charge in [0.1, 0.15) is 17.0 Å². The Kier molecular flexibility index (Phi) is 5.47. The van der Waals surface area contributed by atoms with Crippen LogP contribution < -0.4 is 11.2 Å². The van der Waals surface area contributed by atoms with E-state index in [0.717, 1.165) is 4.57 Å². The van der Waals surface area contributed by atoms with E-state index in [9.17, 15) is 19.5 Å². The molecule has 4 aromatic rings. The predicted octanol–water partition coefficient (Wildman–Crippen LogP) is 3.80. The van der Waals surface area contributed by atoms with Crippen LogP contribution in [0, 0.1) is 6.92 Å². The standard InChI is InChI=1S/C22H20ClN3O5S/c1-5-31-21(29)13-10(2)32-18(17(13)27)14-15-19(25(3)22(30)26(4)20(15)28)24-16(14)11-6-8-12(23)9-7-11/h6-9,24,27H,5H2,1-4H3. The second kappa shape index (κ2) is 7.99. The third kappa shape index (κ3) is 3.25. The molecule has 166 valence electrons. The smallest absolute Gasteiger partial charge is 0.343 e. The van der Waals surface area contributed by atoms with Gasteiger partial charge in [0.05, 0.1) is 22.6 Å². The summed E-state index contributed by atoms with van der Waals surface area (Å²) < 4.78 is 7.43. The minimum Gasteiger partial charge on any atom is -0.505 e. The first-order valence-electron chi connectivity index (χ1n) is 9.74. The summed E-state index contributed by atoms with van der Waals surface area (Å²) in [4.78, 5) is 42.2. The molecule has 0 aliphatic rings. The molecule has 4 rings (SSSR count). The number of H-pyrrole nitrogens is 1. The highest BCUT2D eigenvalue weighted by Crippen LogP contribution is 2.47. The number of hydrogen-bond donors (Lipinski definition) is 2. The third-order valence-corrected chi connectivity index (χ3v) is 6.67. The van der Waals surface area contributed by atoms with Gasteiger partial charge in [0.15, 0.2) is 0 Å². The number of aromatic nitrogens is 3. The van der Waals surface area contributed by atoms with Crippen LogP contribution in [0.2, 0.25) is 5.02 Å². The number of aryl methyl sites for hydroxylation is 2. The molecule has 0 bridgehead atoms. The van der Waals surface area contributed by atoms with E-state index in [-0.39, 0.29) is 23.3 Å². The van der Waals surface area contributed by atoms with Crippen LogP contribution in [0.5, 0.6) is 5.75 Å². The zero-order valence-corrected chi connectivity index (χ0v) is 19.3.